The number of nitrogens with zero attached hydrogens (tertiary/aromatic N) is 1. The third-order valence-corrected chi connectivity index (χ3v) is 6.15. The Bertz CT molecular complexity index is 1110. The molecule has 0 amide bonds. The van der Waals surface area contributed by atoms with Crippen molar-refractivity contribution in [2.45, 2.75) is 0 Å². The number of anilines is 2. The second-order valence-corrected chi connectivity index (χ2v) is 7.72. The predicted molar refractivity (Wildman–Crippen MR) is 119 cm³/mol. The molecule has 3 aromatic carbocycles. The summed E-state index contributed by atoms with van der Waals surface area (Å²) in [4.78, 5) is 1.72. The van der Waals surface area contributed by atoms with Crippen molar-refractivity contribution in [1.29, 1.82) is 5.41 Å². The van der Waals surface area contributed by atoms with Crippen LogP contribution in [0.4, 0.5) is 11.4 Å². The van der Waals surface area contributed by atoms with Gasteiger partial charge in [-0.1, -0.05) is 82.8 Å². The van der Waals surface area contributed by atoms with Gasteiger partial charge < -0.3 is 10.2 Å². The molecule has 1 aliphatic rings. The number of hydrogen-bond donors (Lipinski definition) is 2. The van der Waals surface area contributed by atoms with Crippen LogP contribution in [0.3, 0.4) is 0 Å². The van der Waals surface area contributed by atoms with Gasteiger partial charge in [0.1, 0.15) is 0 Å². The number of hydrogen-bond acceptors (Lipinski definition) is 1. The highest BCUT2D eigenvalue weighted by Crippen LogP contribution is 2.42. The van der Waals surface area contributed by atoms with E-state index in [1.807, 2.05) is 18.2 Å². The molecule has 0 spiro atoms. The van der Waals surface area contributed by atoms with Crippen molar-refractivity contribution in [3.8, 4) is 0 Å². The van der Waals surface area contributed by atoms with E-state index >= 15 is 0 Å². The van der Waals surface area contributed by atoms with Crippen molar-refractivity contribution in [3.63, 3.8) is 0 Å². The molecular formula is C20H13Cl4N3. The smallest absolute Gasteiger partial charge is 0.199 e. The molecule has 0 heterocycles. The molecule has 0 aliphatic heterocycles. The SMILES string of the molecule is CN(C(=N)Nc1c(Cl)c(Cl)cc(Cl)c1Cl)c1ccc2cccc3c2c1C=C3. The van der Waals surface area contributed by atoms with Gasteiger partial charge in [0, 0.05) is 12.6 Å². The van der Waals surface area contributed by atoms with Gasteiger partial charge in [0.2, 0.25) is 0 Å². The predicted octanol–water partition coefficient (Wildman–Crippen LogP) is 7.42. The number of rotatable bonds is 2. The summed E-state index contributed by atoms with van der Waals surface area (Å²) < 4.78 is 0. The molecule has 0 unspecified atom stereocenters. The summed E-state index contributed by atoms with van der Waals surface area (Å²) in [6.45, 7) is 0. The maximum Gasteiger partial charge on any atom is 0.199 e. The summed E-state index contributed by atoms with van der Waals surface area (Å²) in [5.74, 6) is 0.0884. The quantitative estimate of drug-likeness (QED) is 0.195. The molecule has 0 fully saturated rings. The van der Waals surface area contributed by atoms with Crippen LogP contribution in [0, 0.1) is 5.41 Å². The fraction of sp³-hybridized carbons (Fsp3) is 0.0500. The lowest BCUT2D eigenvalue weighted by Crippen LogP contribution is -2.32. The Balaban J connectivity index is 1.72. The number of nitrogens with one attached hydrogen (secondary N) is 2. The zero-order chi connectivity index (χ0) is 19.3. The van der Waals surface area contributed by atoms with Gasteiger partial charge in [0.25, 0.3) is 0 Å². The second-order valence-electron chi connectivity index (χ2n) is 6.15. The summed E-state index contributed by atoms with van der Waals surface area (Å²) in [5, 5.41) is 14.7. The van der Waals surface area contributed by atoms with Crippen LogP contribution in [0.1, 0.15) is 11.1 Å². The van der Waals surface area contributed by atoms with Gasteiger partial charge in [-0.05, 0) is 28.5 Å². The summed E-state index contributed by atoms with van der Waals surface area (Å²) in [5.41, 5.74) is 3.44. The zero-order valence-electron chi connectivity index (χ0n) is 14.1. The van der Waals surface area contributed by atoms with Crippen molar-refractivity contribution in [1.82, 2.24) is 0 Å². The molecule has 2 N–H and O–H groups in total. The van der Waals surface area contributed by atoms with Crippen LogP contribution in [-0.2, 0) is 0 Å². The van der Waals surface area contributed by atoms with Crippen molar-refractivity contribution in [3.05, 3.63) is 67.6 Å². The van der Waals surface area contributed by atoms with E-state index in [4.69, 9.17) is 51.8 Å². The highest BCUT2D eigenvalue weighted by atomic mass is 35.5. The topological polar surface area (TPSA) is 39.1 Å². The van der Waals surface area contributed by atoms with Crippen molar-refractivity contribution < 1.29 is 0 Å². The maximum atomic E-state index is 8.49. The van der Waals surface area contributed by atoms with Crippen LogP contribution in [0.5, 0.6) is 0 Å². The first-order valence-electron chi connectivity index (χ1n) is 8.04. The first-order chi connectivity index (χ1) is 12.9. The molecule has 0 saturated carbocycles. The maximum absolute atomic E-state index is 8.49. The minimum absolute atomic E-state index is 0.0884. The van der Waals surface area contributed by atoms with Crippen molar-refractivity contribution in [2.75, 3.05) is 17.3 Å². The summed E-state index contributed by atoms with van der Waals surface area (Å²) in [6, 6.07) is 11.7. The average Bonchev–Trinajstić information content (AvgIpc) is 3.09. The Hall–Kier alpha value is -1.91. The van der Waals surface area contributed by atoms with Crippen LogP contribution >= 0.6 is 46.4 Å². The molecule has 0 saturated heterocycles. The molecule has 136 valence electrons. The molecule has 0 aromatic heterocycles. The highest BCUT2D eigenvalue weighted by molar-refractivity contribution is 6.50. The second kappa shape index (κ2) is 6.92. The molecule has 7 heteroatoms. The third kappa shape index (κ3) is 3.05. The molecule has 0 bridgehead atoms. The monoisotopic (exact) mass is 435 g/mol. The van der Waals surface area contributed by atoms with Crippen LogP contribution in [0.2, 0.25) is 20.1 Å². The largest absolute Gasteiger partial charge is 0.323 e. The molecule has 3 nitrogen and oxygen atoms in total. The Morgan fingerprint density at radius 3 is 2.37 bits per heavy atom. The van der Waals surface area contributed by atoms with Gasteiger partial charge >= 0.3 is 0 Å². The Kier molecular flexibility index (Phi) is 4.73. The minimum atomic E-state index is 0.0884. The van der Waals surface area contributed by atoms with Gasteiger partial charge in [-0.2, -0.15) is 0 Å². The van der Waals surface area contributed by atoms with E-state index in [0.717, 1.165) is 16.6 Å². The number of guanidine groups is 1. The molecular weight excluding hydrogens is 424 g/mol. The van der Waals surface area contributed by atoms with E-state index in [-0.39, 0.29) is 26.1 Å². The molecule has 3 aromatic rings. The van der Waals surface area contributed by atoms with Gasteiger partial charge in [-0.3, -0.25) is 5.41 Å². The molecule has 0 radical (unpaired) electrons. The highest BCUT2D eigenvalue weighted by Gasteiger charge is 2.20. The van der Waals surface area contributed by atoms with E-state index in [0.29, 0.717) is 5.69 Å². The lowest BCUT2D eigenvalue weighted by Gasteiger charge is -2.24. The summed E-state index contributed by atoms with van der Waals surface area (Å²) >= 11 is 24.7. The van der Waals surface area contributed by atoms with E-state index in [1.54, 1.807) is 11.9 Å². The van der Waals surface area contributed by atoms with Gasteiger partial charge in [-0.25, -0.2) is 0 Å². The first-order valence-corrected chi connectivity index (χ1v) is 9.55. The van der Waals surface area contributed by atoms with Crippen molar-refractivity contribution in [2.24, 2.45) is 0 Å². The summed E-state index contributed by atoms with van der Waals surface area (Å²) in [7, 11) is 1.80. The molecule has 27 heavy (non-hydrogen) atoms. The van der Waals surface area contributed by atoms with E-state index in [2.05, 4.69) is 29.6 Å². The van der Waals surface area contributed by atoms with E-state index in [9.17, 15) is 0 Å². The van der Waals surface area contributed by atoms with Crippen LogP contribution in [0.15, 0.2) is 36.4 Å². The number of benzene rings is 3. The van der Waals surface area contributed by atoms with Gasteiger partial charge in [0.05, 0.1) is 31.5 Å². The number of halogens is 4. The molecule has 1 aliphatic carbocycles. The zero-order valence-corrected chi connectivity index (χ0v) is 17.1. The fourth-order valence-corrected chi connectivity index (χ4v) is 4.11. The van der Waals surface area contributed by atoms with Crippen LogP contribution < -0.4 is 10.2 Å². The Labute approximate surface area is 176 Å². The lowest BCUT2D eigenvalue weighted by atomic mass is 10.0. The first kappa shape index (κ1) is 18.5. The third-order valence-electron chi connectivity index (χ3n) is 4.58. The van der Waals surface area contributed by atoms with E-state index < -0.39 is 0 Å². The summed E-state index contributed by atoms with van der Waals surface area (Å²) in [6.07, 6.45) is 4.14. The van der Waals surface area contributed by atoms with Gasteiger partial charge in [-0.15, -0.1) is 0 Å². The van der Waals surface area contributed by atoms with Crippen LogP contribution in [0.25, 0.3) is 22.9 Å². The molecule has 0 atom stereocenters. The fourth-order valence-electron chi connectivity index (χ4n) is 3.20. The lowest BCUT2D eigenvalue weighted by molar-refractivity contribution is 1.21. The average molecular weight is 437 g/mol. The normalized spacial score (nSPS) is 11.9. The Morgan fingerprint density at radius 1 is 0.963 bits per heavy atom. The van der Waals surface area contributed by atoms with Gasteiger partial charge in [0.15, 0.2) is 5.96 Å². The van der Waals surface area contributed by atoms with Crippen LogP contribution in [-0.4, -0.2) is 13.0 Å². The Morgan fingerprint density at radius 2 is 1.67 bits per heavy atom. The molecule has 4 rings (SSSR count). The standard InChI is InChI=1S/C20H13Cl4N3/c1-27(20(25)26-19-17(23)13(21)9-14(22)18(19)24)15-8-6-11-4-2-3-10-5-7-12(15)16(10)11/h2-9H,1H3,(H2,25,26). The minimum Gasteiger partial charge on any atom is -0.323 e. The van der Waals surface area contributed by atoms with Crippen molar-refractivity contribution >= 4 is 86.7 Å². The van der Waals surface area contributed by atoms with E-state index in [1.165, 1.54) is 17.0 Å².